The van der Waals surface area contributed by atoms with Crippen LogP contribution in [0.1, 0.15) is 68.9 Å². The van der Waals surface area contributed by atoms with Crippen molar-refractivity contribution in [3.63, 3.8) is 0 Å². The molecule has 0 saturated carbocycles. The van der Waals surface area contributed by atoms with E-state index in [-0.39, 0.29) is 18.6 Å². The Labute approximate surface area is 145 Å². The van der Waals surface area contributed by atoms with Gasteiger partial charge in [-0.2, -0.15) is 0 Å². The highest BCUT2D eigenvalue weighted by molar-refractivity contribution is 5.66. The van der Waals surface area contributed by atoms with Crippen LogP contribution in [0.15, 0.2) is 24.3 Å². The predicted octanol–water partition coefficient (Wildman–Crippen LogP) is 4.42. The summed E-state index contributed by atoms with van der Waals surface area (Å²) in [5, 5.41) is 18.8. The first kappa shape index (κ1) is 18.8. The van der Waals surface area contributed by atoms with Gasteiger partial charge in [0.15, 0.2) is 0 Å². The molecule has 2 unspecified atom stereocenters. The van der Waals surface area contributed by atoms with Crippen LogP contribution in [0.4, 0.5) is 4.79 Å². The number of likely N-dealkylation sites (tertiary alicyclic amines) is 1. The van der Waals surface area contributed by atoms with E-state index < -0.39 is 6.09 Å². The van der Waals surface area contributed by atoms with Gasteiger partial charge in [0.25, 0.3) is 0 Å². The second-order valence-corrected chi connectivity index (χ2v) is 6.88. The van der Waals surface area contributed by atoms with Crippen LogP contribution in [0.25, 0.3) is 0 Å². The summed E-state index contributed by atoms with van der Waals surface area (Å²) in [7, 11) is 0. The Morgan fingerprint density at radius 2 is 1.79 bits per heavy atom. The first-order valence-electron chi connectivity index (χ1n) is 9.36. The molecule has 1 aliphatic heterocycles. The van der Waals surface area contributed by atoms with Gasteiger partial charge in [0.1, 0.15) is 0 Å². The Hall–Kier alpha value is -1.55. The van der Waals surface area contributed by atoms with Crippen molar-refractivity contribution in [3.8, 4) is 0 Å². The number of carbonyl (C=O) groups is 1. The highest BCUT2D eigenvalue weighted by Gasteiger charge is 2.37. The molecule has 1 aromatic rings. The summed E-state index contributed by atoms with van der Waals surface area (Å²) in [4.78, 5) is 12.6. The van der Waals surface area contributed by atoms with Crippen LogP contribution < -0.4 is 0 Å². The van der Waals surface area contributed by atoms with E-state index in [2.05, 4.69) is 31.2 Å². The number of hydrogen-bond acceptors (Lipinski definition) is 2. The molecular formula is C20H31NO3. The molecule has 4 nitrogen and oxygen atoms in total. The van der Waals surface area contributed by atoms with E-state index in [0.29, 0.717) is 6.54 Å². The summed E-state index contributed by atoms with van der Waals surface area (Å²) in [6.07, 6.45) is 8.80. The lowest BCUT2D eigenvalue weighted by Gasteiger charge is -2.24. The van der Waals surface area contributed by atoms with E-state index in [1.54, 1.807) is 0 Å². The molecule has 24 heavy (non-hydrogen) atoms. The molecule has 1 aliphatic rings. The average Bonchev–Trinajstić information content (AvgIpc) is 3.03. The van der Waals surface area contributed by atoms with Crippen molar-refractivity contribution in [3.05, 3.63) is 35.4 Å². The van der Waals surface area contributed by atoms with E-state index >= 15 is 0 Å². The van der Waals surface area contributed by atoms with E-state index in [4.69, 9.17) is 0 Å². The molecule has 2 rings (SSSR count). The SMILES string of the molecule is CCCCCCCCc1ccc(C2CCN(C(=O)O)C2CO)cc1. The van der Waals surface area contributed by atoms with Crippen LogP contribution in [0.2, 0.25) is 0 Å². The predicted molar refractivity (Wildman–Crippen MR) is 96.5 cm³/mol. The van der Waals surface area contributed by atoms with E-state index in [1.165, 1.54) is 49.0 Å². The van der Waals surface area contributed by atoms with E-state index in [1.807, 2.05) is 0 Å². The molecule has 0 bridgehead atoms. The number of carboxylic acid groups (broad SMARTS) is 1. The van der Waals surface area contributed by atoms with Crippen LogP contribution >= 0.6 is 0 Å². The molecule has 1 saturated heterocycles. The Morgan fingerprint density at radius 3 is 2.42 bits per heavy atom. The molecular weight excluding hydrogens is 302 g/mol. The van der Waals surface area contributed by atoms with Crippen molar-refractivity contribution >= 4 is 6.09 Å². The maximum Gasteiger partial charge on any atom is 0.407 e. The van der Waals surface area contributed by atoms with Gasteiger partial charge < -0.3 is 15.1 Å². The minimum Gasteiger partial charge on any atom is -0.465 e. The third kappa shape index (κ3) is 4.97. The largest absolute Gasteiger partial charge is 0.465 e. The van der Waals surface area contributed by atoms with E-state index in [0.717, 1.165) is 18.4 Å². The molecule has 2 N–H and O–H groups in total. The Balaban J connectivity index is 1.84. The zero-order valence-electron chi connectivity index (χ0n) is 14.8. The number of hydrogen-bond donors (Lipinski definition) is 2. The van der Waals surface area contributed by atoms with Gasteiger partial charge in [-0.05, 0) is 30.4 Å². The van der Waals surface area contributed by atoms with Crippen LogP contribution in [-0.2, 0) is 6.42 Å². The van der Waals surface area contributed by atoms with E-state index in [9.17, 15) is 15.0 Å². The second-order valence-electron chi connectivity index (χ2n) is 6.88. The third-order valence-corrected chi connectivity index (χ3v) is 5.21. The summed E-state index contributed by atoms with van der Waals surface area (Å²) in [6.45, 7) is 2.63. The lowest BCUT2D eigenvalue weighted by molar-refractivity contribution is 0.114. The zero-order valence-corrected chi connectivity index (χ0v) is 14.8. The standard InChI is InChI=1S/C20H31NO3/c1-2-3-4-5-6-7-8-16-9-11-17(12-10-16)18-13-14-21(20(23)24)19(18)15-22/h9-12,18-19,22H,2-8,13-15H2,1H3,(H,23,24). The average molecular weight is 333 g/mol. The summed E-state index contributed by atoms with van der Waals surface area (Å²) in [6, 6.07) is 8.25. The van der Waals surface area contributed by atoms with Gasteiger partial charge in [-0.25, -0.2) is 4.79 Å². The molecule has 1 aromatic carbocycles. The normalized spacial score (nSPS) is 20.5. The molecule has 1 amide bonds. The summed E-state index contributed by atoms with van der Waals surface area (Å²) >= 11 is 0. The second kappa shape index (κ2) is 9.67. The van der Waals surface area contributed by atoms with Gasteiger partial charge in [-0.15, -0.1) is 0 Å². The Kier molecular flexibility index (Phi) is 7.57. The van der Waals surface area contributed by atoms with Crippen molar-refractivity contribution < 1.29 is 15.0 Å². The summed E-state index contributed by atoms with van der Waals surface area (Å²) in [5.74, 6) is 0.106. The molecule has 2 atom stereocenters. The lowest BCUT2D eigenvalue weighted by Crippen LogP contribution is -2.38. The number of rotatable bonds is 9. The number of amides is 1. The van der Waals surface area contributed by atoms with Gasteiger partial charge in [-0.3, -0.25) is 0 Å². The highest BCUT2D eigenvalue weighted by Crippen LogP contribution is 2.33. The molecule has 134 valence electrons. The molecule has 0 aliphatic carbocycles. The smallest absolute Gasteiger partial charge is 0.407 e. The quantitative estimate of drug-likeness (QED) is 0.658. The number of aliphatic hydroxyl groups is 1. The van der Waals surface area contributed by atoms with Crippen LogP contribution in [0.3, 0.4) is 0 Å². The molecule has 0 aromatic heterocycles. The van der Waals surface area contributed by atoms with Gasteiger partial charge >= 0.3 is 6.09 Å². The fraction of sp³-hybridized carbons (Fsp3) is 0.650. The van der Waals surface area contributed by atoms with Gasteiger partial charge in [0, 0.05) is 12.5 Å². The van der Waals surface area contributed by atoms with Crippen molar-refractivity contribution in [2.24, 2.45) is 0 Å². The summed E-state index contributed by atoms with van der Waals surface area (Å²) in [5.41, 5.74) is 2.49. The number of unbranched alkanes of at least 4 members (excludes halogenated alkanes) is 5. The summed E-state index contributed by atoms with van der Waals surface area (Å²) < 4.78 is 0. The molecule has 1 heterocycles. The number of aliphatic hydroxyl groups excluding tert-OH is 1. The Morgan fingerprint density at radius 1 is 1.12 bits per heavy atom. The minimum atomic E-state index is -0.934. The highest BCUT2D eigenvalue weighted by atomic mass is 16.4. The topological polar surface area (TPSA) is 60.8 Å². The maximum atomic E-state index is 11.2. The van der Waals surface area contributed by atoms with Crippen molar-refractivity contribution in [2.75, 3.05) is 13.2 Å². The van der Waals surface area contributed by atoms with Gasteiger partial charge in [0.05, 0.1) is 12.6 Å². The van der Waals surface area contributed by atoms with Crippen molar-refractivity contribution in [2.45, 2.75) is 70.3 Å². The van der Waals surface area contributed by atoms with Crippen molar-refractivity contribution in [1.82, 2.24) is 4.90 Å². The first-order valence-corrected chi connectivity index (χ1v) is 9.36. The lowest BCUT2D eigenvalue weighted by atomic mass is 9.91. The maximum absolute atomic E-state index is 11.2. The molecule has 0 radical (unpaired) electrons. The van der Waals surface area contributed by atoms with Crippen molar-refractivity contribution in [1.29, 1.82) is 0 Å². The zero-order chi connectivity index (χ0) is 17.4. The third-order valence-electron chi connectivity index (χ3n) is 5.21. The molecule has 1 fully saturated rings. The monoisotopic (exact) mass is 333 g/mol. The van der Waals surface area contributed by atoms with Gasteiger partial charge in [-0.1, -0.05) is 63.3 Å². The molecule has 4 heteroatoms. The first-order chi connectivity index (χ1) is 11.7. The van der Waals surface area contributed by atoms with Crippen LogP contribution in [0, 0.1) is 0 Å². The number of benzene rings is 1. The number of aryl methyl sites for hydroxylation is 1. The molecule has 0 spiro atoms. The number of nitrogens with zero attached hydrogens (tertiary/aromatic N) is 1. The van der Waals surface area contributed by atoms with Crippen LogP contribution in [0.5, 0.6) is 0 Å². The van der Waals surface area contributed by atoms with Crippen LogP contribution in [-0.4, -0.2) is 40.4 Å². The Bertz CT molecular complexity index is 500. The van der Waals surface area contributed by atoms with Gasteiger partial charge in [0.2, 0.25) is 0 Å². The minimum absolute atomic E-state index is 0.106. The fourth-order valence-electron chi connectivity index (χ4n) is 3.75. The fourth-order valence-corrected chi connectivity index (χ4v) is 3.75.